The normalized spacial score (nSPS) is 21.4. The highest BCUT2D eigenvalue weighted by atomic mass is 16.6. The number of nitrogens with zero attached hydrogens (tertiary/aromatic N) is 3. The van der Waals surface area contributed by atoms with Gasteiger partial charge in [-0.2, -0.15) is 0 Å². The van der Waals surface area contributed by atoms with Crippen molar-refractivity contribution in [1.82, 2.24) is 9.80 Å². The second kappa shape index (κ2) is 9.00. The highest BCUT2D eigenvalue weighted by molar-refractivity contribution is 6.02. The molecule has 2 amide bonds. The van der Waals surface area contributed by atoms with Gasteiger partial charge in [0.05, 0.1) is 36.0 Å². The lowest BCUT2D eigenvalue weighted by atomic mass is 9.92. The minimum atomic E-state index is -0.398. The first-order chi connectivity index (χ1) is 16.5. The lowest BCUT2D eigenvalue weighted by Gasteiger charge is -2.32. The van der Waals surface area contributed by atoms with Crippen molar-refractivity contribution in [2.24, 2.45) is 0 Å². The summed E-state index contributed by atoms with van der Waals surface area (Å²) in [6.07, 6.45) is 0.0107. The monoisotopic (exact) mass is 463 g/mol. The summed E-state index contributed by atoms with van der Waals surface area (Å²) < 4.78 is 10.9. The molecule has 0 aliphatic carbocycles. The summed E-state index contributed by atoms with van der Waals surface area (Å²) in [6, 6.07) is 13.1. The summed E-state index contributed by atoms with van der Waals surface area (Å²) in [5, 5.41) is 0. The number of esters is 1. The van der Waals surface area contributed by atoms with E-state index in [1.165, 1.54) is 5.56 Å². The third-order valence-electron chi connectivity index (χ3n) is 6.99. The third-order valence-corrected chi connectivity index (χ3v) is 6.99. The van der Waals surface area contributed by atoms with Crippen LogP contribution in [0.4, 0.5) is 10.5 Å². The number of carbonyl (C=O) groups is 3. The fraction of sp³-hybridized carbons (Fsp3) is 0.423. The van der Waals surface area contributed by atoms with Crippen molar-refractivity contribution in [2.45, 2.75) is 39.0 Å². The van der Waals surface area contributed by atoms with Crippen LogP contribution in [0.3, 0.4) is 0 Å². The van der Waals surface area contributed by atoms with Gasteiger partial charge in [-0.3, -0.25) is 9.69 Å². The molecule has 3 aliphatic rings. The Labute approximate surface area is 199 Å². The summed E-state index contributed by atoms with van der Waals surface area (Å²) in [6.45, 7) is 6.79. The lowest BCUT2D eigenvalue weighted by molar-refractivity contribution is 0.0525. The zero-order chi connectivity index (χ0) is 23.8. The number of hydrogen-bond donors (Lipinski definition) is 0. The average molecular weight is 464 g/mol. The highest BCUT2D eigenvalue weighted by Gasteiger charge is 2.45. The van der Waals surface area contributed by atoms with E-state index < -0.39 is 5.97 Å². The molecular formula is C26H29N3O5. The molecule has 2 aromatic carbocycles. The second-order valence-electron chi connectivity index (χ2n) is 8.87. The SMILES string of the molecule is CCOC(=O)c1ccc2c(c1)N(CC)CCN(C[C@H]1OC(=O)N3Cc4ccccc4C[C@@H]13)C2=O. The Hall–Kier alpha value is -3.55. The highest BCUT2D eigenvalue weighted by Crippen LogP contribution is 2.33. The Morgan fingerprint density at radius 2 is 1.82 bits per heavy atom. The Balaban J connectivity index is 1.39. The smallest absolute Gasteiger partial charge is 0.410 e. The molecule has 1 fully saturated rings. The number of hydrogen-bond acceptors (Lipinski definition) is 6. The van der Waals surface area contributed by atoms with Crippen LogP contribution in [0.2, 0.25) is 0 Å². The molecule has 0 radical (unpaired) electrons. The molecule has 2 atom stereocenters. The van der Waals surface area contributed by atoms with Crippen molar-refractivity contribution in [1.29, 1.82) is 0 Å². The van der Waals surface area contributed by atoms with E-state index in [-0.39, 0.29) is 24.1 Å². The number of carbonyl (C=O) groups excluding carboxylic acids is 3. The molecule has 5 rings (SSSR count). The standard InChI is InChI=1S/C26H29N3O5/c1-3-27-11-12-28(24(30)20-10-9-18(14-21(20)27)25(31)33-4-2)16-23-22-13-17-7-5-6-8-19(17)15-29(22)26(32)34-23/h5-10,14,22-23H,3-4,11-13,15-16H2,1-2H3/t22-,23+/m0/s1. The zero-order valence-corrected chi connectivity index (χ0v) is 19.5. The van der Waals surface area contributed by atoms with Crippen LogP contribution < -0.4 is 4.90 Å². The Morgan fingerprint density at radius 1 is 1.06 bits per heavy atom. The van der Waals surface area contributed by atoms with Crippen LogP contribution in [0.15, 0.2) is 42.5 Å². The third kappa shape index (κ3) is 3.87. The van der Waals surface area contributed by atoms with E-state index in [0.29, 0.717) is 50.5 Å². The molecule has 3 heterocycles. The zero-order valence-electron chi connectivity index (χ0n) is 19.5. The van der Waals surface area contributed by atoms with Crippen LogP contribution in [0, 0.1) is 0 Å². The number of rotatable bonds is 5. The van der Waals surface area contributed by atoms with Crippen molar-refractivity contribution in [3.63, 3.8) is 0 Å². The van der Waals surface area contributed by atoms with E-state index in [1.54, 1.807) is 34.9 Å². The molecule has 0 saturated carbocycles. The molecular weight excluding hydrogens is 434 g/mol. The Bertz CT molecular complexity index is 1130. The first kappa shape index (κ1) is 22.3. The first-order valence-electron chi connectivity index (χ1n) is 11.9. The van der Waals surface area contributed by atoms with E-state index in [4.69, 9.17) is 9.47 Å². The van der Waals surface area contributed by atoms with Crippen molar-refractivity contribution in [3.8, 4) is 0 Å². The van der Waals surface area contributed by atoms with Crippen LogP contribution in [-0.2, 0) is 22.4 Å². The minimum absolute atomic E-state index is 0.0913. The van der Waals surface area contributed by atoms with Crippen LogP contribution in [-0.4, -0.2) is 72.7 Å². The fourth-order valence-electron chi connectivity index (χ4n) is 5.18. The molecule has 34 heavy (non-hydrogen) atoms. The Morgan fingerprint density at radius 3 is 2.59 bits per heavy atom. The van der Waals surface area contributed by atoms with Crippen LogP contribution >= 0.6 is 0 Å². The lowest BCUT2D eigenvalue weighted by Crippen LogP contribution is -2.47. The van der Waals surface area contributed by atoms with Gasteiger partial charge in [0.2, 0.25) is 0 Å². The number of cyclic esters (lactones) is 1. The van der Waals surface area contributed by atoms with Gasteiger partial charge in [0.25, 0.3) is 5.91 Å². The van der Waals surface area contributed by atoms with E-state index in [9.17, 15) is 14.4 Å². The van der Waals surface area contributed by atoms with Gasteiger partial charge in [0, 0.05) is 26.2 Å². The maximum absolute atomic E-state index is 13.6. The van der Waals surface area contributed by atoms with Crippen molar-refractivity contribution >= 4 is 23.7 Å². The summed E-state index contributed by atoms with van der Waals surface area (Å²) in [7, 11) is 0. The molecule has 0 unspecified atom stereocenters. The summed E-state index contributed by atoms with van der Waals surface area (Å²) in [5.74, 6) is -0.516. The van der Waals surface area contributed by atoms with E-state index in [0.717, 1.165) is 17.7 Å². The molecule has 0 N–H and O–H groups in total. The van der Waals surface area contributed by atoms with Crippen molar-refractivity contribution in [2.75, 3.05) is 37.7 Å². The number of anilines is 1. The number of fused-ring (bicyclic) bond motifs is 3. The molecule has 0 spiro atoms. The number of likely N-dealkylation sites (N-methyl/N-ethyl adjacent to an activating group) is 1. The molecule has 8 heteroatoms. The molecule has 3 aliphatic heterocycles. The molecule has 8 nitrogen and oxygen atoms in total. The predicted octanol–water partition coefficient (Wildman–Crippen LogP) is 3.09. The summed E-state index contributed by atoms with van der Waals surface area (Å²) >= 11 is 0. The quantitative estimate of drug-likeness (QED) is 0.634. The van der Waals surface area contributed by atoms with Gasteiger partial charge < -0.3 is 19.3 Å². The van der Waals surface area contributed by atoms with Crippen LogP contribution in [0.1, 0.15) is 45.7 Å². The van der Waals surface area contributed by atoms with Gasteiger partial charge in [-0.05, 0) is 49.6 Å². The maximum atomic E-state index is 13.6. The number of ether oxygens (including phenoxy) is 2. The topological polar surface area (TPSA) is 79.4 Å². The summed E-state index contributed by atoms with van der Waals surface area (Å²) in [5.41, 5.74) is 4.08. The molecule has 2 aromatic rings. The minimum Gasteiger partial charge on any atom is -0.462 e. The largest absolute Gasteiger partial charge is 0.462 e. The number of amides is 2. The van der Waals surface area contributed by atoms with Crippen LogP contribution in [0.25, 0.3) is 0 Å². The van der Waals surface area contributed by atoms with Gasteiger partial charge in [0.1, 0.15) is 6.10 Å². The Kier molecular flexibility index (Phi) is 5.89. The van der Waals surface area contributed by atoms with Gasteiger partial charge in [-0.1, -0.05) is 24.3 Å². The number of benzene rings is 2. The molecule has 178 valence electrons. The molecule has 0 bridgehead atoms. The predicted molar refractivity (Wildman–Crippen MR) is 126 cm³/mol. The molecule has 1 saturated heterocycles. The van der Waals surface area contributed by atoms with E-state index in [2.05, 4.69) is 11.0 Å². The van der Waals surface area contributed by atoms with Crippen molar-refractivity contribution in [3.05, 3.63) is 64.7 Å². The van der Waals surface area contributed by atoms with Gasteiger partial charge in [-0.15, -0.1) is 0 Å². The van der Waals surface area contributed by atoms with Crippen molar-refractivity contribution < 1.29 is 23.9 Å². The van der Waals surface area contributed by atoms with Gasteiger partial charge in [0.15, 0.2) is 0 Å². The molecule has 0 aromatic heterocycles. The van der Waals surface area contributed by atoms with Crippen LogP contribution in [0.5, 0.6) is 0 Å². The average Bonchev–Trinajstić information content (AvgIpc) is 3.08. The van der Waals surface area contributed by atoms with Gasteiger partial charge >= 0.3 is 12.1 Å². The second-order valence-corrected chi connectivity index (χ2v) is 8.87. The fourth-order valence-corrected chi connectivity index (χ4v) is 5.18. The van der Waals surface area contributed by atoms with E-state index in [1.807, 2.05) is 25.1 Å². The first-order valence-corrected chi connectivity index (χ1v) is 11.9. The van der Waals surface area contributed by atoms with E-state index >= 15 is 0 Å². The van der Waals surface area contributed by atoms with Gasteiger partial charge in [-0.25, -0.2) is 9.59 Å². The summed E-state index contributed by atoms with van der Waals surface area (Å²) in [4.78, 5) is 44.1. The maximum Gasteiger partial charge on any atom is 0.410 e.